The number of hydrogen-bond donors (Lipinski definition) is 2. The Kier molecular flexibility index (Phi) is 5.76. The van der Waals surface area contributed by atoms with Gasteiger partial charge in [0.1, 0.15) is 0 Å². The molecule has 1 amide bonds. The van der Waals surface area contributed by atoms with E-state index < -0.39 is 10.0 Å². The first-order chi connectivity index (χ1) is 12.0. The standard InChI is InChI=1S/C18H27N3O3S/c19-13-17(15-6-7-15)20-18(22)12-14-4-8-16(9-5-14)25(23,24)21-10-2-1-3-11-21/h4-5,8-9,15,17H,1-3,6-7,10-13,19H2,(H,20,22). The van der Waals surface area contributed by atoms with Gasteiger partial charge in [-0.15, -0.1) is 0 Å². The van der Waals surface area contributed by atoms with Crippen LogP contribution in [0.5, 0.6) is 0 Å². The molecule has 1 aromatic carbocycles. The lowest BCUT2D eigenvalue weighted by atomic mass is 10.1. The first-order valence-electron chi connectivity index (χ1n) is 9.09. The molecule has 6 nitrogen and oxygen atoms in total. The van der Waals surface area contributed by atoms with Crippen molar-refractivity contribution in [3.63, 3.8) is 0 Å². The Bertz CT molecular complexity index is 693. The topological polar surface area (TPSA) is 92.5 Å². The molecular formula is C18H27N3O3S. The van der Waals surface area contributed by atoms with Crippen LogP contribution in [0, 0.1) is 5.92 Å². The highest BCUT2D eigenvalue weighted by Gasteiger charge is 2.31. The number of amides is 1. The lowest BCUT2D eigenvalue weighted by Gasteiger charge is -2.25. The minimum absolute atomic E-state index is 0.0611. The highest BCUT2D eigenvalue weighted by molar-refractivity contribution is 7.89. The van der Waals surface area contributed by atoms with Crippen molar-refractivity contribution in [3.8, 4) is 0 Å². The number of piperidine rings is 1. The van der Waals surface area contributed by atoms with E-state index in [1.54, 1.807) is 28.6 Å². The Morgan fingerprint density at radius 1 is 1.16 bits per heavy atom. The molecule has 3 N–H and O–H groups in total. The first kappa shape index (κ1) is 18.4. The van der Waals surface area contributed by atoms with Crippen LogP contribution >= 0.6 is 0 Å². The summed E-state index contributed by atoms with van der Waals surface area (Å²) in [6.07, 6.45) is 5.43. The number of carbonyl (C=O) groups excluding carboxylic acids is 1. The maximum atomic E-state index is 12.6. The van der Waals surface area contributed by atoms with Crippen molar-refractivity contribution in [3.05, 3.63) is 29.8 Å². The molecule has 1 saturated heterocycles. The first-order valence-corrected chi connectivity index (χ1v) is 10.5. The van der Waals surface area contributed by atoms with Crippen LogP contribution in [0.2, 0.25) is 0 Å². The molecule has 2 aliphatic rings. The van der Waals surface area contributed by atoms with E-state index >= 15 is 0 Å². The van der Waals surface area contributed by atoms with Crippen LogP contribution in [0.1, 0.15) is 37.7 Å². The number of hydrogen-bond acceptors (Lipinski definition) is 4. The Hall–Kier alpha value is -1.44. The summed E-state index contributed by atoms with van der Waals surface area (Å²) in [6, 6.07) is 6.73. The van der Waals surface area contributed by atoms with Gasteiger partial charge in [0.15, 0.2) is 0 Å². The van der Waals surface area contributed by atoms with Crippen LogP contribution in [0.25, 0.3) is 0 Å². The molecule has 0 spiro atoms. The van der Waals surface area contributed by atoms with E-state index in [1.165, 1.54) is 0 Å². The van der Waals surface area contributed by atoms with E-state index in [1.807, 2.05) is 0 Å². The summed E-state index contributed by atoms with van der Waals surface area (Å²) >= 11 is 0. The van der Waals surface area contributed by atoms with Gasteiger partial charge in [-0.2, -0.15) is 4.31 Å². The van der Waals surface area contributed by atoms with Gasteiger partial charge in [-0.05, 0) is 49.3 Å². The molecular weight excluding hydrogens is 338 g/mol. The fraction of sp³-hybridized carbons (Fsp3) is 0.611. The van der Waals surface area contributed by atoms with Crippen molar-refractivity contribution in [2.24, 2.45) is 11.7 Å². The van der Waals surface area contributed by atoms with Crippen LogP contribution in [-0.2, 0) is 21.2 Å². The minimum atomic E-state index is -3.42. The quantitative estimate of drug-likeness (QED) is 0.761. The number of nitrogens with zero attached hydrogens (tertiary/aromatic N) is 1. The zero-order valence-corrected chi connectivity index (χ0v) is 15.3. The normalized spacial score (nSPS) is 20.2. The second-order valence-corrected chi connectivity index (χ2v) is 8.97. The van der Waals surface area contributed by atoms with E-state index in [-0.39, 0.29) is 18.4 Å². The molecule has 138 valence electrons. The van der Waals surface area contributed by atoms with Gasteiger partial charge >= 0.3 is 0 Å². The summed E-state index contributed by atoms with van der Waals surface area (Å²) in [5.41, 5.74) is 6.51. The third-order valence-electron chi connectivity index (χ3n) is 5.03. The monoisotopic (exact) mass is 365 g/mol. The molecule has 3 rings (SSSR count). The fourth-order valence-electron chi connectivity index (χ4n) is 3.34. The van der Waals surface area contributed by atoms with Gasteiger partial charge in [-0.25, -0.2) is 8.42 Å². The lowest BCUT2D eigenvalue weighted by Crippen LogP contribution is -2.42. The van der Waals surface area contributed by atoms with Gasteiger partial charge in [-0.1, -0.05) is 18.6 Å². The van der Waals surface area contributed by atoms with E-state index in [4.69, 9.17) is 5.73 Å². The molecule has 1 aliphatic heterocycles. The Balaban J connectivity index is 1.60. The third-order valence-corrected chi connectivity index (χ3v) is 6.95. The summed E-state index contributed by atoms with van der Waals surface area (Å²) < 4.78 is 26.8. The maximum Gasteiger partial charge on any atom is 0.243 e. The van der Waals surface area contributed by atoms with Crippen LogP contribution < -0.4 is 11.1 Å². The molecule has 1 aromatic rings. The number of nitrogens with one attached hydrogen (secondary N) is 1. The molecule has 1 heterocycles. The summed E-state index contributed by atoms with van der Waals surface area (Å²) in [5, 5.41) is 2.98. The maximum absolute atomic E-state index is 12.6. The van der Waals surface area contributed by atoms with Crippen molar-refractivity contribution >= 4 is 15.9 Å². The number of sulfonamides is 1. The number of rotatable bonds is 7. The minimum Gasteiger partial charge on any atom is -0.352 e. The van der Waals surface area contributed by atoms with Crippen LogP contribution in [-0.4, -0.2) is 44.3 Å². The molecule has 0 bridgehead atoms. The lowest BCUT2D eigenvalue weighted by molar-refractivity contribution is -0.121. The van der Waals surface area contributed by atoms with Crippen LogP contribution in [0.4, 0.5) is 0 Å². The van der Waals surface area contributed by atoms with Crippen molar-refractivity contribution in [2.75, 3.05) is 19.6 Å². The number of carbonyl (C=O) groups is 1. The average Bonchev–Trinajstić information content (AvgIpc) is 3.46. The number of benzene rings is 1. The second kappa shape index (κ2) is 7.85. The van der Waals surface area contributed by atoms with Gasteiger partial charge in [0.25, 0.3) is 0 Å². The van der Waals surface area contributed by atoms with E-state index in [0.29, 0.717) is 30.4 Å². The molecule has 25 heavy (non-hydrogen) atoms. The smallest absolute Gasteiger partial charge is 0.243 e. The third kappa shape index (κ3) is 4.59. The highest BCUT2D eigenvalue weighted by atomic mass is 32.2. The van der Waals surface area contributed by atoms with Crippen molar-refractivity contribution in [2.45, 2.75) is 49.5 Å². The summed E-state index contributed by atoms with van der Waals surface area (Å²) in [5.74, 6) is 0.458. The fourth-order valence-corrected chi connectivity index (χ4v) is 4.86. The van der Waals surface area contributed by atoms with E-state index in [2.05, 4.69) is 5.32 Å². The Labute approximate surface area is 149 Å². The largest absolute Gasteiger partial charge is 0.352 e. The van der Waals surface area contributed by atoms with Gasteiger partial charge in [-0.3, -0.25) is 4.79 Å². The summed E-state index contributed by atoms with van der Waals surface area (Å²) in [7, 11) is -3.42. The van der Waals surface area contributed by atoms with Crippen molar-refractivity contribution < 1.29 is 13.2 Å². The van der Waals surface area contributed by atoms with Gasteiger partial charge < -0.3 is 11.1 Å². The second-order valence-electron chi connectivity index (χ2n) is 7.03. The zero-order chi connectivity index (χ0) is 17.9. The van der Waals surface area contributed by atoms with E-state index in [0.717, 1.165) is 37.7 Å². The predicted octanol–water partition coefficient (Wildman–Crippen LogP) is 1.26. The predicted molar refractivity (Wildman–Crippen MR) is 96.5 cm³/mol. The zero-order valence-electron chi connectivity index (χ0n) is 14.5. The Morgan fingerprint density at radius 2 is 1.80 bits per heavy atom. The summed E-state index contributed by atoms with van der Waals surface area (Å²) in [4.78, 5) is 12.5. The molecule has 2 fully saturated rings. The van der Waals surface area contributed by atoms with Gasteiger partial charge in [0.2, 0.25) is 15.9 Å². The van der Waals surface area contributed by atoms with Crippen molar-refractivity contribution in [1.29, 1.82) is 0 Å². The van der Waals surface area contributed by atoms with Crippen LogP contribution in [0.15, 0.2) is 29.2 Å². The summed E-state index contributed by atoms with van der Waals surface area (Å²) in [6.45, 7) is 1.64. The molecule has 0 aromatic heterocycles. The SMILES string of the molecule is NCC(NC(=O)Cc1ccc(S(=O)(=O)N2CCCCC2)cc1)C1CC1. The highest BCUT2D eigenvalue weighted by Crippen LogP contribution is 2.32. The van der Waals surface area contributed by atoms with E-state index in [9.17, 15) is 13.2 Å². The van der Waals surface area contributed by atoms with Gasteiger partial charge in [0, 0.05) is 25.7 Å². The molecule has 0 radical (unpaired) electrons. The molecule has 1 saturated carbocycles. The Morgan fingerprint density at radius 3 is 2.36 bits per heavy atom. The molecule has 1 atom stereocenters. The molecule has 1 unspecified atom stereocenters. The van der Waals surface area contributed by atoms with Crippen LogP contribution in [0.3, 0.4) is 0 Å². The molecule has 7 heteroatoms. The van der Waals surface area contributed by atoms with Crippen molar-refractivity contribution in [1.82, 2.24) is 9.62 Å². The molecule has 1 aliphatic carbocycles. The average molecular weight is 365 g/mol. The van der Waals surface area contributed by atoms with Gasteiger partial charge in [0.05, 0.1) is 11.3 Å². The number of nitrogens with two attached hydrogens (primary N) is 1.